The maximum atomic E-state index is 13.8. The van der Waals surface area contributed by atoms with Crippen LogP contribution < -0.4 is 16.0 Å². The maximum absolute atomic E-state index is 13.8. The Morgan fingerprint density at radius 3 is 1.27 bits per heavy atom. The Kier molecular flexibility index (Phi) is 68.0. The quantitative estimate of drug-likeness (QED) is 0.0117. The average Bonchev–Trinajstić information content (AvgIpc) is 0.979. The molecule has 17 atom stereocenters. The first kappa shape index (κ1) is 122. The van der Waals surface area contributed by atoms with Crippen molar-refractivity contribution in [3.8, 4) is 0 Å². The summed E-state index contributed by atoms with van der Waals surface area (Å²) in [6, 6.07) is 0.106. The molecule has 0 bridgehead atoms. The predicted octanol–water partition coefficient (Wildman–Crippen LogP) is 9.31. The number of aliphatic hydroxyl groups excluding tert-OH is 9. The molecule has 0 aromatic heterocycles. The number of nitrogens with zero attached hydrogens (tertiary/aromatic N) is 1. The van der Waals surface area contributed by atoms with Crippen LogP contribution in [0.1, 0.15) is 298 Å². The van der Waals surface area contributed by atoms with Crippen LogP contribution in [0.25, 0.3) is 0 Å². The lowest BCUT2D eigenvalue weighted by Gasteiger charge is -2.40. The predicted molar refractivity (Wildman–Crippen MR) is 499 cm³/mol. The van der Waals surface area contributed by atoms with Gasteiger partial charge in [0.2, 0.25) is 17.7 Å². The third kappa shape index (κ3) is 53.1. The van der Waals surface area contributed by atoms with Crippen molar-refractivity contribution in [2.45, 2.75) is 389 Å². The second kappa shape index (κ2) is 73.7. The third-order valence-corrected chi connectivity index (χ3v) is 28.2. The summed E-state index contributed by atoms with van der Waals surface area (Å²) >= 11 is 0. The Morgan fingerprint density at radius 1 is 0.417 bits per heavy atom. The van der Waals surface area contributed by atoms with E-state index in [9.17, 15) is 89.1 Å². The number of carbonyl (C=O) groups is 9. The first-order valence-corrected chi connectivity index (χ1v) is 51.5. The van der Waals surface area contributed by atoms with E-state index in [-0.39, 0.29) is 143 Å². The fraction of sp³-hybridized carbons (Fsp3) is 0.905. The van der Waals surface area contributed by atoms with Crippen molar-refractivity contribution in [3.63, 3.8) is 0 Å². The van der Waals surface area contributed by atoms with Gasteiger partial charge < -0.3 is 128 Å². The summed E-state index contributed by atoms with van der Waals surface area (Å²) in [7, 11) is 8.71. The van der Waals surface area contributed by atoms with Gasteiger partial charge >= 0.3 is 18.0 Å². The van der Waals surface area contributed by atoms with Crippen molar-refractivity contribution in [3.05, 3.63) is 0 Å². The van der Waals surface area contributed by atoms with Crippen LogP contribution in [0.5, 0.6) is 0 Å². The summed E-state index contributed by atoms with van der Waals surface area (Å²) in [6.45, 7) is 14.8. The molecule has 0 spiro atoms. The molecule has 15 unspecified atom stereocenters. The molecule has 4 saturated heterocycles. The van der Waals surface area contributed by atoms with Crippen LogP contribution in [-0.4, -0.2) is 334 Å². The minimum atomic E-state index is -1.21. The third-order valence-electron chi connectivity index (χ3n) is 24.7. The van der Waals surface area contributed by atoms with Gasteiger partial charge in [0.05, 0.1) is 116 Å². The van der Waals surface area contributed by atoms with Gasteiger partial charge in [0.25, 0.3) is 0 Å². The summed E-state index contributed by atoms with van der Waals surface area (Å²) in [6.07, 6.45) is 11.6. The molecule has 4 amide bonds. The number of hydrogen-bond acceptors (Lipinski definition) is 33. The topological polar surface area (TPSA) is 495 Å². The first-order chi connectivity index (χ1) is 63.4. The highest BCUT2D eigenvalue weighted by atomic mass is 33.1. The Balaban J connectivity index is 0.00000136. The van der Waals surface area contributed by atoms with Gasteiger partial charge in [-0.15, -0.1) is 0 Å². The van der Waals surface area contributed by atoms with Gasteiger partial charge in [-0.1, -0.05) is 107 Å². The fourth-order valence-corrected chi connectivity index (χ4v) is 19.0. The largest absolute Gasteiger partial charge is 0.466 e. The van der Waals surface area contributed by atoms with Crippen LogP contribution in [-0.2, 0) is 99.9 Å². The van der Waals surface area contributed by atoms with Crippen molar-refractivity contribution in [2.75, 3.05) is 139 Å². The van der Waals surface area contributed by atoms with Crippen molar-refractivity contribution < 1.29 is 151 Å². The van der Waals surface area contributed by atoms with Crippen molar-refractivity contribution >= 4 is 74.7 Å². The number of rotatable bonds is 77. The molecule has 0 saturated carbocycles. The van der Waals surface area contributed by atoms with E-state index in [1.807, 2.05) is 26.5 Å². The van der Waals surface area contributed by atoms with E-state index in [0.29, 0.717) is 155 Å². The van der Waals surface area contributed by atoms with Crippen molar-refractivity contribution in [2.24, 2.45) is 23.2 Å². The zero-order chi connectivity index (χ0) is 97.3. The van der Waals surface area contributed by atoms with Gasteiger partial charge in [-0.25, -0.2) is 4.79 Å². The van der Waals surface area contributed by atoms with E-state index >= 15 is 0 Å². The van der Waals surface area contributed by atoms with E-state index < -0.39 is 123 Å². The molecule has 4 aliphatic heterocycles. The highest BCUT2D eigenvalue weighted by molar-refractivity contribution is 8.77. The molecule has 35 nitrogen and oxygen atoms in total. The average molecular weight is 1930 g/mol. The molecule has 4 fully saturated rings. The van der Waals surface area contributed by atoms with Crippen molar-refractivity contribution in [1.82, 2.24) is 20.9 Å². The second-order valence-electron chi connectivity index (χ2n) is 36.5. The van der Waals surface area contributed by atoms with Gasteiger partial charge in [0.1, 0.15) is 54.0 Å². The minimum Gasteiger partial charge on any atom is -0.466 e. The number of Topliss-reactive ketones (excluding diaryl/α,β-unsaturated/α-hetero) is 3. The Hall–Kier alpha value is -4.43. The smallest absolute Gasteiger partial charge is 0.407 e. The van der Waals surface area contributed by atoms with E-state index in [4.69, 9.17) is 61.6 Å². The Labute approximate surface area is 793 Å². The van der Waals surface area contributed by atoms with Crippen LogP contribution in [0.15, 0.2) is 0 Å². The molecule has 770 valence electrons. The molecular formula is C95H172N4O31S2. The highest BCUT2D eigenvalue weighted by Gasteiger charge is 2.46. The SMILES string of the molecule is CCCSSC(C)(C)CCC(=O)CCCCC(=O)N1C[C@@H](OC)C[C@@H]1COC.COCCOCCC(=O)CC(CCCOC(=O)CCCCCCCNC(=O)CCCOC1OC(CO)C(O)C(O)C1C)(CCCOC(=O)CCCCCCCNC(=O)CCCOC1OC(CO)C(O)C(O)C1C)CCCOC(=O)NCCCCCCCC(=O)CCCOC1OC(CO)C(O)C(O)C1C. The number of carbonyl (C=O) groups excluding carboxylic acids is 9. The zero-order valence-electron chi connectivity index (χ0n) is 81.1. The second-order valence-corrected chi connectivity index (χ2v) is 39.6. The number of likely N-dealkylation sites (tertiary alicyclic amines) is 1. The standard InChI is InChI=1S/C74H133N3O27.C21H39NO4S2/c1-52-64(87)67(90)57(49-78)102-70(52)98-39-20-27-55(81)26-14-8-5-13-19-38-77-73(93)101-44-25-35-74(48-56(82)32-45-95-47-46-94-4,33-23-42-96-62(85)30-15-9-6-11-17-36-75-60(83)28-21-40-99-71-53(2)65(88)68(91)58(50-79)103-71)34-24-43-97-63(86)31-16-10-7-12-18-37-76-61(84)29-22-41-100-72-54(3)66(89)69(92)59(51-80)104-72;1-6-13-27-28-21(2,3)12-11-18(23)9-7-8-10-20(24)22-15-19(26-5)14-17(22)16-25-4/h52-54,57-59,64-72,78-80,87-92H,5-51H2,1-4H3,(H,75,83)(H,76,84)(H,77,93);17,19H,6-16H2,1-5H3/t;17-,19+/m.1/s1. The van der Waals surface area contributed by atoms with Gasteiger partial charge in [-0.05, 0) is 148 Å². The molecule has 0 aromatic rings. The molecule has 4 rings (SSSR count). The molecule has 4 aliphatic rings. The van der Waals surface area contributed by atoms with Gasteiger partial charge in [0, 0.05) is 146 Å². The molecule has 4 heterocycles. The number of unbranched alkanes of at least 4 members (excludes halogenated alkanes) is 13. The summed E-state index contributed by atoms with van der Waals surface area (Å²) in [4.78, 5) is 117. The van der Waals surface area contributed by atoms with Crippen LogP contribution in [0.3, 0.4) is 0 Å². The number of aliphatic hydroxyl groups is 9. The summed E-state index contributed by atoms with van der Waals surface area (Å²) in [5.74, 6) is -0.697. The number of ether oxygens (including phenoxy) is 13. The van der Waals surface area contributed by atoms with E-state index in [0.717, 1.165) is 115 Å². The van der Waals surface area contributed by atoms with Crippen LogP contribution in [0.4, 0.5) is 4.79 Å². The minimum absolute atomic E-state index is 0.0200. The number of ketones is 3. The number of nitrogens with one attached hydrogen (secondary N) is 3. The number of esters is 2. The Bertz CT molecular complexity index is 2860. The monoisotopic (exact) mass is 1930 g/mol. The Morgan fingerprint density at radius 2 is 0.826 bits per heavy atom. The number of alkyl carbamates (subject to hydrolysis) is 1. The lowest BCUT2D eigenvalue weighted by atomic mass is 9.71. The summed E-state index contributed by atoms with van der Waals surface area (Å²) in [5, 5.41) is 97.9. The zero-order valence-corrected chi connectivity index (χ0v) is 82.7. The molecule has 12 N–H and O–H groups in total. The van der Waals surface area contributed by atoms with Gasteiger partial charge in [-0.3, -0.25) is 38.4 Å². The molecule has 0 radical (unpaired) electrons. The molecule has 132 heavy (non-hydrogen) atoms. The maximum Gasteiger partial charge on any atom is 0.407 e. The molecule has 0 aromatic carbocycles. The van der Waals surface area contributed by atoms with Gasteiger partial charge in [0.15, 0.2) is 18.9 Å². The molecule has 37 heteroatoms. The van der Waals surface area contributed by atoms with Crippen LogP contribution in [0.2, 0.25) is 0 Å². The van der Waals surface area contributed by atoms with Crippen molar-refractivity contribution in [1.29, 1.82) is 0 Å². The first-order valence-electron chi connectivity index (χ1n) is 49.1. The van der Waals surface area contributed by atoms with E-state index in [1.165, 1.54) is 6.42 Å². The number of hydrogen-bond donors (Lipinski definition) is 12. The fourth-order valence-electron chi connectivity index (χ4n) is 16.3. The number of methoxy groups -OCH3 is 3. The summed E-state index contributed by atoms with van der Waals surface area (Å²) in [5.41, 5.74) is -0.619. The van der Waals surface area contributed by atoms with E-state index in [2.05, 4.69) is 36.7 Å². The van der Waals surface area contributed by atoms with Gasteiger partial charge in [-0.2, -0.15) is 0 Å². The van der Waals surface area contributed by atoms with Crippen LogP contribution >= 0.6 is 21.6 Å². The lowest BCUT2D eigenvalue weighted by Crippen LogP contribution is -2.55. The van der Waals surface area contributed by atoms with Crippen LogP contribution in [0, 0.1) is 23.2 Å². The number of amides is 4. The lowest BCUT2D eigenvalue weighted by molar-refractivity contribution is -0.282. The summed E-state index contributed by atoms with van der Waals surface area (Å²) < 4.78 is 72.4. The molecular weight excluding hydrogens is 1760 g/mol. The molecule has 0 aliphatic carbocycles. The van der Waals surface area contributed by atoms with E-state index in [1.54, 1.807) is 42.1 Å². The normalized spacial score (nSPS) is 24.2. The highest BCUT2D eigenvalue weighted by Crippen LogP contribution is 2.41.